The molecule has 1 spiro atoms. The zero-order chi connectivity index (χ0) is 22.7. The Morgan fingerprint density at radius 1 is 1.33 bits per heavy atom. The molecule has 0 radical (unpaired) electrons. The van der Waals surface area contributed by atoms with Crippen molar-refractivity contribution in [2.75, 3.05) is 13.1 Å². The summed E-state index contributed by atoms with van der Waals surface area (Å²) in [7, 11) is 0. The first-order valence-electron chi connectivity index (χ1n) is 11.6. The number of fused-ring (bicyclic) bond motifs is 2. The fraction of sp³-hybridized carbons (Fsp3) is 0.565. The molecule has 4 aliphatic rings. The van der Waals surface area contributed by atoms with E-state index in [2.05, 4.69) is 25.4 Å². The number of tetrazole rings is 1. The van der Waals surface area contributed by atoms with E-state index in [1.807, 2.05) is 13.0 Å². The number of phenols is 1. The predicted molar refractivity (Wildman–Crippen MR) is 116 cm³/mol. The van der Waals surface area contributed by atoms with Gasteiger partial charge in [0.25, 0.3) is 11.3 Å². The fourth-order valence-electron chi connectivity index (χ4n) is 6.74. The normalized spacial score (nSPS) is 32.7. The second kappa shape index (κ2) is 6.12. The number of benzene rings is 1. The van der Waals surface area contributed by atoms with Crippen molar-refractivity contribution in [3.63, 3.8) is 0 Å². The summed E-state index contributed by atoms with van der Waals surface area (Å²) < 4.78 is 7.60. The van der Waals surface area contributed by atoms with Crippen molar-refractivity contribution in [3.8, 4) is 11.5 Å². The molecule has 172 valence electrons. The molecule has 0 amide bonds. The topological polar surface area (TPSA) is 129 Å². The summed E-state index contributed by atoms with van der Waals surface area (Å²) in [4.78, 5) is 18.7. The number of nitrogens with zero attached hydrogens (tertiary/aromatic N) is 5. The van der Waals surface area contributed by atoms with Crippen LogP contribution >= 0.6 is 0 Å². The zero-order valence-corrected chi connectivity index (χ0v) is 18.6. The number of rotatable bonds is 3. The van der Waals surface area contributed by atoms with Gasteiger partial charge in [0.1, 0.15) is 0 Å². The number of H-pyrrole nitrogens is 1. The summed E-state index contributed by atoms with van der Waals surface area (Å²) in [6.45, 7) is 5.44. The molecule has 3 aromatic rings. The van der Waals surface area contributed by atoms with Crippen molar-refractivity contribution >= 4 is 5.78 Å². The summed E-state index contributed by atoms with van der Waals surface area (Å²) >= 11 is 0. The van der Waals surface area contributed by atoms with Gasteiger partial charge in [-0.1, -0.05) is 11.2 Å². The van der Waals surface area contributed by atoms with Crippen LogP contribution in [-0.2, 0) is 11.8 Å². The molecule has 4 atom stereocenters. The van der Waals surface area contributed by atoms with Crippen LogP contribution in [0.4, 0.5) is 0 Å². The lowest BCUT2D eigenvalue weighted by atomic mass is 9.53. The maximum absolute atomic E-state index is 13.0. The second-order valence-corrected chi connectivity index (χ2v) is 10.4. The number of aromatic nitrogens is 5. The van der Waals surface area contributed by atoms with E-state index in [0.29, 0.717) is 35.8 Å². The van der Waals surface area contributed by atoms with Gasteiger partial charge < -0.3 is 19.9 Å². The molecular weight excluding hydrogens is 424 g/mol. The first kappa shape index (κ1) is 19.5. The number of hydrogen-bond acceptors (Lipinski definition) is 8. The number of phenolic OH excluding ortho intramolecular Hbond substituents is 1. The van der Waals surface area contributed by atoms with Crippen LogP contribution in [0.25, 0.3) is 5.78 Å². The predicted octanol–water partition coefficient (Wildman–Crippen LogP) is 0.990. The van der Waals surface area contributed by atoms with Crippen molar-refractivity contribution in [3.05, 3.63) is 44.9 Å². The third kappa shape index (κ3) is 2.30. The lowest BCUT2D eigenvalue weighted by Gasteiger charge is -2.60. The van der Waals surface area contributed by atoms with Gasteiger partial charge in [-0.3, -0.25) is 9.69 Å². The SMILES string of the molecule is Cc1c([C@@H]2Oc3c(O)ccc4c3[C@@]23CCN(CC2CC2)[C@H](C4)[C@@]3(C)O)[nH]c2nnnn2c1=O. The van der Waals surface area contributed by atoms with Gasteiger partial charge in [-0.2, -0.15) is 0 Å². The van der Waals surface area contributed by atoms with Crippen LogP contribution in [-0.4, -0.2) is 64.9 Å². The van der Waals surface area contributed by atoms with E-state index in [1.165, 1.54) is 12.8 Å². The highest BCUT2D eigenvalue weighted by atomic mass is 16.5. The van der Waals surface area contributed by atoms with Crippen LogP contribution in [0, 0.1) is 12.8 Å². The number of aromatic hydroxyl groups is 1. The smallest absolute Gasteiger partial charge is 0.280 e. The first-order chi connectivity index (χ1) is 15.8. The molecular formula is C23H26N6O4. The minimum absolute atomic E-state index is 0.0514. The molecule has 7 rings (SSSR count). The van der Waals surface area contributed by atoms with Crippen LogP contribution in [0.2, 0.25) is 0 Å². The quantitative estimate of drug-likeness (QED) is 0.539. The molecule has 1 saturated heterocycles. The molecule has 1 aromatic carbocycles. The molecule has 0 unspecified atom stereocenters. The number of nitrogens with one attached hydrogen (secondary N) is 1. The third-order valence-electron chi connectivity index (χ3n) is 8.64. The highest BCUT2D eigenvalue weighted by Gasteiger charge is 2.69. The molecule has 33 heavy (non-hydrogen) atoms. The Labute approximate surface area is 189 Å². The van der Waals surface area contributed by atoms with Crippen LogP contribution in [0.15, 0.2) is 16.9 Å². The van der Waals surface area contributed by atoms with E-state index < -0.39 is 17.1 Å². The second-order valence-electron chi connectivity index (χ2n) is 10.4. The van der Waals surface area contributed by atoms with Crippen LogP contribution < -0.4 is 10.3 Å². The largest absolute Gasteiger partial charge is 0.504 e. The van der Waals surface area contributed by atoms with Gasteiger partial charge in [-0.15, -0.1) is 4.52 Å². The molecule has 2 aliphatic heterocycles. The Kier molecular flexibility index (Phi) is 3.61. The first-order valence-corrected chi connectivity index (χ1v) is 11.6. The molecule has 10 nitrogen and oxygen atoms in total. The van der Waals surface area contributed by atoms with E-state index >= 15 is 0 Å². The maximum Gasteiger partial charge on any atom is 0.280 e. The average Bonchev–Trinajstić information content (AvgIpc) is 3.33. The van der Waals surface area contributed by atoms with E-state index in [-0.39, 0.29) is 23.1 Å². The number of likely N-dealkylation sites (tertiary alicyclic amines) is 1. The highest BCUT2D eigenvalue weighted by Crippen LogP contribution is 2.65. The molecule has 2 fully saturated rings. The summed E-state index contributed by atoms with van der Waals surface area (Å²) in [5.41, 5.74) is 0.646. The summed E-state index contributed by atoms with van der Waals surface area (Å²) in [5, 5.41) is 34.4. The van der Waals surface area contributed by atoms with Gasteiger partial charge >= 0.3 is 0 Å². The van der Waals surface area contributed by atoms with Gasteiger partial charge in [0, 0.05) is 23.7 Å². The zero-order valence-electron chi connectivity index (χ0n) is 18.6. The number of aromatic amines is 1. The Balaban J connectivity index is 1.47. The van der Waals surface area contributed by atoms with Crippen molar-refractivity contribution in [1.29, 1.82) is 0 Å². The van der Waals surface area contributed by atoms with Gasteiger partial charge in [0.05, 0.1) is 16.7 Å². The van der Waals surface area contributed by atoms with Crippen molar-refractivity contribution in [1.82, 2.24) is 29.9 Å². The number of ether oxygens (including phenoxy) is 1. The van der Waals surface area contributed by atoms with Crippen molar-refractivity contribution < 1.29 is 14.9 Å². The van der Waals surface area contributed by atoms with Crippen molar-refractivity contribution in [2.45, 2.75) is 62.7 Å². The molecule has 1 saturated carbocycles. The minimum atomic E-state index is -1.14. The van der Waals surface area contributed by atoms with Crippen molar-refractivity contribution in [2.24, 2.45) is 5.92 Å². The third-order valence-corrected chi connectivity index (χ3v) is 8.64. The molecule has 2 aromatic heterocycles. The summed E-state index contributed by atoms with van der Waals surface area (Å²) in [6.07, 6.45) is 3.17. The average molecular weight is 450 g/mol. The standard InChI is InChI=1S/C23H26N6O4/c1-11-17(24-21-25-26-27-29(21)20(11)31)19-23-7-8-28(10-12-3-4-12)15(22(23,2)32)9-13-5-6-14(30)18(33-19)16(13)23/h5-6,12,15,19,30,32H,3-4,7-10H2,1-2H3,(H,24,25,27)/t15-,19+,22-,23+/m1/s1. The lowest BCUT2D eigenvalue weighted by molar-refractivity contribution is -0.156. The van der Waals surface area contributed by atoms with Gasteiger partial charge in [0.2, 0.25) is 0 Å². The monoisotopic (exact) mass is 450 g/mol. The lowest BCUT2D eigenvalue weighted by Crippen LogP contribution is -2.71. The number of hydrogen-bond donors (Lipinski definition) is 3. The summed E-state index contributed by atoms with van der Waals surface area (Å²) in [5.74, 6) is 1.39. The molecule has 4 heterocycles. The molecule has 3 N–H and O–H groups in total. The maximum atomic E-state index is 13.0. The Hall–Kier alpha value is -2.98. The molecule has 2 aliphatic carbocycles. The highest BCUT2D eigenvalue weighted by molar-refractivity contribution is 5.62. The number of aliphatic hydroxyl groups is 1. The Morgan fingerprint density at radius 3 is 2.94 bits per heavy atom. The van der Waals surface area contributed by atoms with E-state index in [1.54, 1.807) is 13.0 Å². The van der Waals surface area contributed by atoms with E-state index in [9.17, 15) is 15.0 Å². The van der Waals surface area contributed by atoms with Crippen LogP contribution in [0.1, 0.15) is 54.7 Å². The summed E-state index contributed by atoms with van der Waals surface area (Å²) in [6, 6.07) is 3.55. The Bertz CT molecular complexity index is 1380. The fourth-order valence-corrected chi connectivity index (χ4v) is 6.74. The van der Waals surface area contributed by atoms with Gasteiger partial charge in [-0.05, 0) is 74.1 Å². The van der Waals surface area contributed by atoms with E-state index in [0.717, 1.165) is 28.7 Å². The van der Waals surface area contributed by atoms with E-state index in [4.69, 9.17) is 4.74 Å². The Morgan fingerprint density at radius 2 is 2.15 bits per heavy atom. The molecule has 2 bridgehead atoms. The molecule has 10 heteroatoms. The number of piperidine rings is 1. The van der Waals surface area contributed by atoms with Gasteiger partial charge in [-0.25, -0.2) is 0 Å². The minimum Gasteiger partial charge on any atom is -0.504 e. The van der Waals surface area contributed by atoms with Crippen LogP contribution in [0.3, 0.4) is 0 Å². The van der Waals surface area contributed by atoms with Gasteiger partial charge in [0.15, 0.2) is 17.6 Å². The van der Waals surface area contributed by atoms with Crippen LogP contribution in [0.5, 0.6) is 11.5 Å².